The third-order valence-corrected chi connectivity index (χ3v) is 9.90. The molecular weight excluding hydrogens is 883 g/mol. The van der Waals surface area contributed by atoms with Gasteiger partial charge >= 0.3 is 88.7 Å². The van der Waals surface area contributed by atoms with E-state index in [1.807, 2.05) is 37.5 Å². The molecule has 302 valence electrons. The van der Waals surface area contributed by atoms with E-state index >= 15 is 0 Å². The molecule has 0 heterocycles. The Kier molecular flexibility index (Phi) is 81.4. The molecule has 0 aliphatic carbocycles. The van der Waals surface area contributed by atoms with Gasteiger partial charge in [-0.2, -0.15) is 74.9 Å². The molecule has 0 aliphatic heterocycles. The molecule has 0 rings (SSSR count). The van der Waals surface area contributed by atoms with Crippen molar-refractivity contribution in [2.45, 2.75) is 59.9 Å². The van der Waals surface area contributed by atoms with Crippen molar-refractivity contribution in [3.05, 3.63) is 0 Å². The van der Waals surface area contributed by atoms with E-state index in [0.29, 0.717) is 31.5 Å². The van der Waals surface area contributed by atoms with Crippen LogP contribution in [0.4, 0.5) is 0 Å². The van der Waals surface area contributed by atoms with E-state index in [2.05, 4.69) is 17.4 Å². The second-order valence-electron chi connectivity index (χ2n) is 10.0. The van der Waals surface area contributed by atoms with E-state index in [0.717, 1.165) is 42.8 Å². The molecule has 0 spiro atoms. The summed E-state index contributed by atoms with van der Waals surface area (Å²) in [6.45, 7) is 6.48. The smallest absolute Gasteiger partial charge is 0.917 e. The van der Waals surface area contributed by atoms with Crippen molar-refractivity contribution in [2.24, 2.45) is 23.5 Å². The van der Waals surface area contributed by atoms with Gasteiger partial charge in [0.25, 0.3) is 20.2 Å². The van der Waals surface area contributed by atoms with E-state index in [1.165, 1.54) is 5.75 Å². The van der Waals surface area contributed by atoms with Crippen LogP contribution in [-0.2, 0) is 53.9 Å². The maximum Gasteiger partial charge on any atom is 1.00 e. The van der Waals surface area contributed by atoms with Gasteiger partial charge in [-0.25, -0.2) is 8.42 Å². The summed E-state index contributed by atoms with van der Waals surface area (Å²) in [5.74, 6) is 4.17. The van der Waals surface area contributed by atoms with Crippen LogP contribution in [-0.4, -0.2) is 129 Å². The number of aliphatic hydroxyl groups excluding tert-OH is 1. The summed E-state index contributed by atoms with van der Waals surface area (Å²) >= 11 is 6.85. The first-order valence-corrected chi connectivity index (χ1v) is 25.3. The molecule has 0 bridgehead atoms. The van der Waals surface area contributed by atoms with Gasteiger partial charge in [0, 0.05) is 18.4 Å². The zero-order valence-corrected chi connectivity index (χ0v) is 44.8. The summed E-state index contributed by atoms with van der Waals surface area (Å²) in [7, 11) is -14.3. The van der Waals surface area contributed by atoms with Crippen molar-refractivity contribution in [2.75, 3.05) is 79.0 Å². The van der Waals surface area contributed by atoms with Crippen LogP contribution < -0.4 is 94.4 Å². The van der Waals surface area contributed by atoms with Crippen LogP contribution in [0.1, 0.15) is 53.9 Å². The van der Waals surface area contributed by atoms with E-state index in [-0.39, 0.29) is 126 Å². The van der Waals surface area contributed by atoms with Gasteiger partial charge < -0.3 is 28.4 Å². The number of hydrogen-bond donors (Lipinski definition) is 3. The van der Waals surface area contributed by atoms with Gasteiger partial charge in [0.2, 0.25) is 0 Å². The van der Waals surface area contributed by atoms with E-state index in [9.17, 15) is 29.8 Å². The van der Waals surface area contributed by atoms with Crippen LogP contribution in [0.25, 0.3) is 0 Å². The predicted octanol–water partition coefficient (Wildman–Crippen LogP) is -4.91. The van der Waals surface area contributed by atoms with Crippen molar-refractivity contribution in [3.63, 3.8) is 0 Å². The second kappa shape index (κ2) is 52.3. The van der Waals surface area contributed by atoms with Crippen LogP contribution in [0.2, 0.25) is 0 Å². The minimum atomic E-state index is -4.01. The monoisotopic (exact) mass is 943 g/mol. The Morgan fingerprint density at radius 2 is 1.04 bits per heavy atom. The molecule has 0 saturated carbocycles. The van der Waals surface area contributed by atoms with Gasteiger partial charge in [-0.15, -0.1) is 12.4 Å². The molecular formula is C25H61ClNNa3O13S8. The average molecular weight is 945 g/mol. The first kappa shape index (κ1) is 79.4. The summed E-state index contributed by atoms with van der Waals surface area (Å²) in [6.07, 6.45) is 12.6. The van der Waals surface area contributed by atoms with E-state index in [1.54, 1.807) is 42.2 Å². The fraction of sp³-hybridized carbons (Fsp3) is 1.00. The largest absolute Gasteiger partial charge is 1.00 e. The molecule has 0 fully saturated rings. The van der Waals surface area contributed by atoms with Crippen LogP contribution in [0.5, 0.6) is 0 Å². The third-order valence-electron chi connectivity index (χ3n) is 4.93. The van der Waals surface area contributed by atoms with Crippen LogP contribution >= 0.6 is 59.5 Å². The van der Waals surface area contributed by atoms with Gasteiger partial charge in [-0.05, 0) is 91.5 Å². The number of aliphatic hydroxyl groups is 1. The summed E-state index contributed by atoms with van der Waals surface area (Å²) in [5, 5.41) is 8.55. The Balaban J connectivity index is -0.0000000517. The standard InChI is InChI=1S/C7H16O3S2.C6H14O3S2.C6H14OS.C5H13NO3S2.CH4.ClH.3Na.O3S/c1-7(4-5-11-2)6-10-12(3,8)9;1-6(3-4-10-2)5-11(7,8)9;1-6(5-7)3-4-8-2;1-10-3-2-5(6)4-11(7,8)9;;;;;;1-4(2)3/h7H,4-6H2,1-3H3;6H,3-5H2,1-2H3,(H,7,8,9);6-7H,3-5H2,1-2H3;5H,2-4,6H2,1H3,(H,7,8,9);1H4;1H;;;;/q;;;;;;3*+1;-2/p-1/t7-;2*6-;5-;;;;;;/m0000....../s1. The zero-order chi connectivity index (χ0) is 37.4. The van der Waals surface area contributed by atoms with Crippen molar-refractivity contribution >= 4 is 101 Å². The topological polar surface area (TPSA) is 258 Å². The molecule has 26 heteroatoms. The normalized spacial score (nSPS) is 12.7. The maximum atomic E-state index is 10.6. The zero-order valence-electron chi connectivity index (χ0n) is 31.4. The van der Waals surface area contributed by atoms with Gasteiger partial charge in [0.15, 0.2) is 0 Å². The van der Waals surface area contributed by atoms with Gasteiger partial charge in [-0.3, -0.25) is 8.74 Å². The molecule has 0 aliphatic rings. The average Bonchev–Trinajstić information content (AvgIpc) is 2.89. The molecule has 51 heavy (non-hydrogen) atoms. The van der Waals surface area contributed by atoms with Crippen molar-refractivity contribution in [3.8, 4) is 0 Å². The van der Waals surface area contributed by atoms with Crippen LogP contribution in [0.15, 0.2) is 0 Å². The minimum Gasteiger partial charge on any atom is -0.917 e. The summed E-state index contributed by atoms with van der Waals surface area (Å²) in [5.41, 5.74) is 5.39. The van der Waals surface area contributed by atoms with Crippen molar-refractivity contribution in [1.82, 2.24) is 0 Å². The first-order valence-electron chi connectivity index (χ1n) is 13.7. The molecule has 0 radical (unpaired) electrons. The van der Waals surface area contributed by atoms with Crippen molar-refractivity contribution < 1.29 is 145 Å². The second-order valence-corrected chi connectivity index (χ2v) is 19.0. The van der Waals surface area contributed by atoms with Crippen molar-refractivity contribution in [1.29, 1.82) is 0 Å². The quantitative estimate of drug-likeness (QED) is 0.0340. The van der Waals surface area contributed by atoms with Gasteiger partial charge in [-0.1, -0.05) is 28.2 Å². The molecule has 4 atom stereocenters. The Bertz CT molecular complexity index is 1030. The molecule has 0 aromatic rings. The Morgan fingerprint density at radius 3 is 1.31 bits per heavy atom. The summed E-state index contributed by atoms with van der Waals surface area (Å²) < 4.78 is 111. The molecule has 0 saturated heterocycles. The number of rotatable bonds is 20. The maximum absolute atomic E-state index is 10.6. The number of nitrogens with two attached hydrogens (primary N) is 1. The number of thioether (sulfide) groups is 4. The van der Waals surface area contributed by atoms with Crippen LogP contribution in [0, 0.1) is 17.8 Å². The van der Waals surface area contributed by atoms with Gasteiger partial charge in [0.05, 0.1) is 28.7 Å². The fourth-order valence-electron chi connectivity index (χ4n) is 2.43. The predicted molar refractivity (Wildman–Crippen MR) is 210 cm³/mol. The SMILES string of the molecule is C.CSCC[C@H](C)CO.CSCC[C@H](C)COS(C)(=O)=O.CSCC[C@H](C)CS(=O)(=O)[O-].CSCC[C@H](N)CS(=O)(=O)O.Cl.O=[S-](=O)[O-].[Na+].[Na+].[Na+]. The van der Waals surface area contributed by atoms with E-state index in [4.69, 9.17) is 28.4 Å². The Hall–Kier alpha value is 4.25. The molecule has 0 amide bonds. The molecule has 0 unspecified atom stereocenters. The van der Waals surface area contributed by atoms with Crippen LogP contribution in [0.3, 0.4) is 0 Å². The fourth-order valence-corrected chi connectivity index (χ4v) is 6.93. The Morgan fingerprint density at radius 1 is 0.725 bits per heavy atom. The number of halogens is 1. The van der Waals surface area contributed by atoms with Gasteiger partial charge in [0.1, 0.15) is 0 Å². The molecule has 0 aromatic carbocycles. The molecule has 14 nitrogen and oxygen atoms in total. The minimum absolute atomic E-state index is 0. The number of hydrogen-bond acceptors (Lipinski definition) is 18. The molecule has 0 aromatic heterocycles. The molecule has 4 N–H and O–H groups in total. The Labute approximate surface area is 402 Å². The van der Waals surface area contributed by atoms with E-state index < -0.39 is 47.4 Å². The summed E-state index contributed by atoms with van der Waals surface area (Å²) in [6, 6.07) is -0.447. The first-order chi connectivity index (χ1) is 20.9. The summed E-state index contributed by atoms with van der Waals surface area (Å²) in [4.78, 5) is 0. The third kappa shape index (κ3) is 101.